The van der Waals surface area contributed by atoms with Crippen molar-refractivity contribution in [2.45, 2.75) is 4.90 Å². The van der Waals surface area contributed by atoms with E-state index in [0.717, 1.165) is 16.0 Å². The van der Waals surface area contributed by atoms with E-state index in [2.05, 4.69) is 0 Å². The Bertz CT molecular complexity index is 1300. The summed E-state index contributed by atoms with van der Waals surface area (Å²) in [7, 11) is -2.81. The van der Waals surface area contributed by atoms with Gasteiger partial charge in [0.1, 0.15) is 16.4 Å². The van der Waals surface area contributed by atoms with E-state index < -0.39 is 18.0 Å². The SMILES string of the molecule is COc1ccccc1P(c1ccccc1OC)c1ccc2ccccc2c1S(=O)(=O)O. The predicted molar refractivity (Wildman–Crippen MR) is 126 cm³/mol. The molecule has 158 valence electrons. The van der Waals surface area contributed by atoms with Crippen LogP contribution in [0.2, 0.25) is 0 Å². The highest BCUT2D eigenvalue weighted by Crippen LogP contribution is 2.42. The van der Waals surface area contributed by atoms with E-state index in [0.29, 0.717) is 22.2 Å². The normalized spacial score (nSPS) is 11.6. The Kier molecular flexibility index (Phi) is 5.96. The molecule has 0 spiro atoms. The fourth-order valence-corrected chi connectivity index (χ4v) is 7.68. The fraction of sp³-hybridized carbons (Fsp3) is 0.0833. The third kappa shape index (κ3) is 4.02. The number of fused-ring (bicyclic) bond motifs is 1. The second-order valence-corrected chi connectivity index (χ2v) is 10.3. The van der Waals surface area contributed by atoms with Crippen molar-refractivity contribution in [2.75, 3.05) is 14.2 Å². The number of methoxy groups -OCH3 is 2. The summed E-state index contributed by atoms with van der Waals surface area (Å²) in [4.78, 5) is -0.0893. The highest BCUT2D eigenvalue weighted by molar-refractivity contribution is 7.88. The third-order valence-electron chi connectivity index (χ3n) is 5.01. The molecule has 0 atom stereocenters. The smallest absolute Gasteiger partial charge is 0.295 e. The van der Waals surface area contributed by atoms with Crippen LogP contribution in [0.15, 0.2) is 89.8 Å². The topological polar surface area (TPSA) is 72.8 Å². The Balaban J connectivity index is 2.14. The lowest BCUT2D eigenvalue weighted by atomic mass is 10.1. The Morgan fingerprint density at radius 1 is 0.677 bits per heavy atom. The van der Waals surface area contributed by atoms with E-state index in [9.17, 15) is 13.0 Å². The first-order valence-corrected chi connectivity index (χ1v) is 12.3. The van der Waals surface area contributed by atoms with Crippen molar-refractivity contribution >= 4 is 44.7 Å². The van der Waals surface area contributed by atoms with Crippen LogP contribution in [-0.2, 0) is 10.1 Å². The highest BCUT2D eigenvalue weighted by atomic mass is 32.2. The minimum absolute atomic E-state index is 0.0893. The highest BCUT2D eigenvalue weighted by Gasteiger charge is 2.30. The maximum atomic E-state index is 12.6. The second-order valence-electron chi connectivity index (χ2n) is 6.79. The van der Waals surface area contributed by atoms with Crippen LogP contribution in [0.25, 0.3) is 10.8 Å². The van der Waals surface area contributed by atoms with E-state index in [1.807, 2.05) is 66.7 Å². The summed E-state index contributed by atoms with van der Waals surface area (Å²) in [6.07, 6.45) is 0. The molecule has 7 heteroatoms. The van der Waals surface area contributed by atoms with Crippen LogP contribution in [0.3, 0.4) is 0 Å². The molecule has 5 nitrogen and oxygen atoms in total. The molecule has 0 aromatic heterocycles. The van der Waals surface area contributed by atoms with Crippen molar-refractivity contribution < 1.29 is 22.4 Å². The average Bonchev–Trinajstić information content (AvgIpc) is 2.79. The van der Waals surface area contributed by atoms with Crippen LogP contribution in [0, 0.1) is 0 Å². The van der Waals surface area contributed by atoms with Gasteiger partial charge in [-0.3, -0.25) is 4.55 Å². The Labute approximate surface area is 182 Å². The van der Waals surface area contributed by atoms with Crippen molar-refractivity contribution in [3.8, 4) is 11.5 Å². The van der Waals surface area contributed by atoms with Gasteiger partial charge in [-0.1, -0.05) is 72.8 Å². The zero-order chi connectivity index (χ0) is 22.0. The zero-order valence-corrected chi connectivity index (χ0v) is 18.7. The lowest BCUT2D eigenvalue weighted by Crippen LogP contribution is -2.27. The van der Waals surface area contributed by atoms with Gasteiger partial charge in [-0.2, -0.15) is 8.42 Å². The van der Waals surface area contributed by atoms with Crippen LogP contribution in [0.1, 0.15) is 0 Å². The van der Waals surface area contributed by atoms with Gasteiger partial charge in [-0.05, 0) is 25.4 Å². The first-order valence-electron chi connectivity index (χ1n) is 9.51. The largest absolute Gasteiger partial charge is 0.496 e. The van der Waals surface area contributed by atoms with Crippen molar-refractivity contribution in [3.63, 3.8) is 0 Å². The Morgan fingerprint density at radius 2 is 1.19 bits per heavy atom. The second kappa shape index (κ2) is 8.67. The molecule has 0 bridgehead atoms. The van der Waals surface area contributed by atoms with Gasteiger partial charge in [-0.15, -0.1) is 0 Å². The summed E-state index contributed by atoms with van der Waals surface area (Å²) in [6.45, 7) is 0. The number of rotatable bonds is 6. The lowest BCUT2D eigenvalue weighted by Gasteiger charge is -2.25. The van der Waals surface area contributed by atoms with Gasteiger partial charge in [0.2, 0.25) is 0 Å². The molecule has 4 aromatic rings. The Hall–Kier alpha value is -2.92. The molecule has 0 saturated heterocycles. The van der Waals surface area contributed by atoms with Gasteiger partial charge in [0, 0.05) is 21.3 Å². The molecule has 0 aliphatic heterocycles. The van der Waals surface area contributed by atoms with Crippen molar-refractivity contribution in [2.24, 2.45) is 0 Å². The van der Waals surface area contributed by atoms with Crippen LogP contribution in [-0.4, -0.2) is 27.2 Å². The minimum Gasteiger partial charge on any atom is -0.496 e. The number of hydrogen-bond acceptors (Lipinski definition) is 4. The molecule has 0 unspecified atom stereocenters. The van der Waals surface area contributed by atoms with E-state index in [4.69, 9.17) is 9.47 Å². The van der Waals surface area contributed by atoms with Gasteiger partial charge >= 0.3 is 0 Å². The van der Waals surface area contributed by atoms with E-state index in [-0.39, 0.29) is 4.90 Å². The standard InChI is InChI=1S/C24H21O5PS/c1-28-19-11-5-7-13-21(19)30(22-14-8-6-12-20(22)29-2)23-16-15-17-9-3-4-10-18(17)24(23)31(25,26)27/h3-16H,1-2H3,(H,25,26,27). The molecular weight excluding hydrogens is 431 g/mol. The first kappa shape index (κ1) is 21.3. The molecule has 0 aliphatic carbocycles. The molecule has 4 aromatic carbocycles. The molecule has 31 heavy (non-hydrogen) atoms. The average molecular weight is 452 g/mol. The van der Waals surface area contributed by atoms with Gasteiger partial charge in [0.05, 0.1) is 14.2 Å². The molecule has 0 amide bonds. The maximum Gasteiger partial charge on any atom is 0.295 e. The summed E-state index contributed by atoms with van der Waals surface area (Å²) in [6, 6.07) is 25.8. The van der Waals surface area contributed by atoms with Gasteiger partial charge in [0.15, 0.2) is 0 Å². The summed E-state index contributed by atoms with van der Waals surface area (Å²) < 4.78 is 46.8. The monoisotopic (exact) mass is 452 g/mol. The number of hydrogen-bond donors (Lipinski definition) is 1. The van der Waals surface area contributed by atoms with E-state index >= 15 is 0 Å². The minimum atomic E-state index is -4.53. The summed E-state index contributed by atoms with van der Waals surface area (Å²) in [5.41, 5.74) is 0. The summed E-state index contributed by atoms with van der Waals surface area (Å²) in [5.74, 6) is 1.27. The molecule has 0 saturated carbocycles. The predicted octanol–water partition coefficient (Wildman–Crippen LogP) is 3.86. The van der Waals surface area contributed by atoms with Crippen LogP contribution in [0.4, 0.5) is 0 Å². The Morgan fingerprint density at radius 3 is 1.74 bits per heavy atom. The van der Waals surface area contributed by atoms with E-state index in [1.54, 1.807) is 32.4 Å². The molecule has 0 radical (unpaired) electrons. The zero-order valence-electron chi connectivity index (χ0n) is 17.0. The van der Waals surface area contributed by atoms with Crippen molar-refractivity contribution in [1.82, 2.24) is 0 Å². The van der Waals surface area contributed by atoms with Crippen LogP contribution in [0.5, 0.6) is 11.5 Å². The van der Waals surface area contributed by atoms with Gasteiger partial charge < -0.3 is 9.47 Å². The van der Waals surface area contributed by atoms with Crippen LogP contribution >= 0.6 is 7.92 Å². The van der Waals surface area contributed by atoms with Gasteiger partial charge in [0.25, 0.3) is 10.1 Å². The van der Waals surface area contributed by atoms with E-state index in [1.165, 1.54) is 0 Å². The quantitative estimate of drug-likeness (QED) is 0.355. The first-order chi connectivity index (χ1) is 15.0. The van der Waals surface area contributed by atoms with Crippen molar-refractivity contribution in [3.05, 3.63) is 84.9 Å². The van der Waals surface area contributed by atoms with Gasteiger partial charge in [-0.25, -0.2) is 0 Å². The number of benzene rings is 4. The molecular formula is C24H21O5PS. The molecule has 0 heterocycles. The summed E-state index contributed by atoms with van der Waals surface area (Å²) in [5, 5.41) is 3.35. The lowest BCUT2D eigenvalue weighted by molar-refractivity contribution is 0.417. The summed E-state index contributed by atoms with van der Waals surface area (Å²) >= 11 is 0. The number of para-hydroxylation sites is 2. The molecule has 0 fully saturated rings. The molecule has 4 rings (SSSR count). The molecule has 0 aliphatic rings. The number of ether oxygens (including phenoxy) is 2. The third-order valence-corrected chi connectivity index (χ3v) is 8.67. The maximum absolute atomic E-state index is 12.6. The molecule has 1 N–H and O–H groups in total. The fourth-order valence-electron chi connectivity index (χ4n) is 3.70. The van der Waals surface area contributed by atoms with Crippen LogP contribution < -0.4 is 25.4 Å². The van der Waals surface area contributed by atoms with Crippen molar-refractivity contribution in [1.29, 1.82) is 0 Å².